The van der Waals surface area contributed by atoms with Gasteiger partial charge in [-0.2, -0.15) is 0 Å². The van der Waals surface area contributed by atoms with E-state index in [1.54, 1.807) is 13.0 Å². The van der Waals surface area contributed by atoms with Gasteiger partial charge < -0.3 is 9.84 Å². The Kier molecular flexibility index (Phi) is 6.18. The number of benzene rings is 1. The van der Waals surface area contributed by atoms with E-state index in [1.807, 2.05) is 0 Å². The number of rotatable bonds is 8. The van der Waals surface area contributed by atoms with Crippen molar-refractivity contribution < 1.29 is 19.4 Å². The van der Waals surface area contributed by atoms with Crippen molar-refractivity contribution in [2.45, 2.75) is 52.4 Å². The van der Waals surface area contributed by atoms with Crippen LogP contribution in [0.15, 0.2) is 35.9 Å². The maximum atomic E-state index is 11.8. The van der Waals surface area contributed by atoms with Crippen LogP contribution in [-0.4, -0.2) is 23.7 Å². The SMILES string of the molecule is CCCc1ccc(CCC2(C(=O)O)C=C(C(=O)OCC)CC2)cc1. The molecule has 0 saturated heterocycles. The van der Waals surface area contributed by atoms with E-state index in [4.69, 9.17) is 4.74 Å². The average Bonchev–Trinajstić information content (AvgIpc) is 3.01. The van der Waals surface area contributed by atoms with Crippen molar-refractivity contribution in [1.82, 2.24) is 0 Å². The molecule has 1 aliphatic rings. The Morgan fingerprint density at radius 3 is 2.29 bits per heavy atom. The number of carbonyl (C=O) groups is 2. The number of hydrogen-bond acceptors (Lipinski definition) is 3. The van der Waals surface area contributed by atoms with Crippen LogP contribution in [0, 0.1) is 5.41 Å². The van der Waals surface area contributed by atoms with Gasteiger partial charge in [0.2, 0.25) is 0 Å². The van der Waals surface area contributed by atoms with E-state index in [-0.39, 0.29) is 5.97 Å². The normalized spacial score (nSPS) is 19.8. The molecule has 0 fully saturated rings. The van der Waals surface area contributed by atoms with Crippen LogP contribution >= 0.6 is 0 Å². The highest BCUT2D eigenvalue weighted by Gasteiger charge is 2.41. The summed E-state index contributed by atoms with van der Waals surface area (Å²) in [4.78, 5) is 23.7. The lowest BCUT2D eigenvalue weighted by Crippen LogP contribution is -2.27. The molecule has 1 unspecified atom stereocenters. The first-order chi connectivity index (χ1) is 11.5. The fourth-order valence-corrected chi connectivity index (χ4v) is 3.22. The van der Waals surface area contributed by atoms with Crippen molar-refractivity contribution in [3.63, 3.8) is 0 Å². The fraction of sp³-hybridized carbons (Fsp3) is 0.500. The van der Waals surface area contributed by atoms with Crippen molar-refractivity contribution in [1.29, 1.82) is 0 Å². The minimum Gasteiger partial charge on any atom is -0.481 e. The molecule has 2 rings (SSSR count). The molecular formula is C20H26O4. The van der Waals surface area contributed by atoms with Crippen molar-refractivity contribution in [2.75, 3.05) is 6.61 Å². The quantitative estimate of drug-likeness (QED) is 0.734. The van der Waals surface area contributed by atoms with Gasteiger partial charge in [-0.05, 0) is 50.2 Å². The lowest BCUT2D eigenvalue weighted by molar-refractivity contribution is -0.146. The van der Waals surface area contributed by atoms with E-state index in [0.717, 1.165) is 18.4 Å². The topological polar surface area (TPSA) is 63.6 Å². The van der Waals surface area contributed by atoms with Crippen LogP contribution in [-0.2, 0) is 27.2 Å². The number of carboxylic acid groups (broad SMARTS) is 1. The summed E-state index contributed by atoms with van der Waals surface area (Å²) in [6.07, 6.45) is 5.92. The average molecular weight is 330 g/mol. The monoisotopic (exact) mass is 330 g/mol. The Balaban J connectivity index is 2.06. The minimum absolute atomic E-state index is 0.306. The van der Waals surface area contributed by atoms with E-state index in [0.29, 0.717) is 37.9 Å². The molecule has 24 heavy (non-hydrogen) atoms. The summed E-state index contributed by atoms with van der Waals surface area (Å²) in [5, 5.41) is 9.69. The molecule has 0 spiro atoms. The number of esters is 1. The fourth-order valence-electron chi connectivity index (χ4n) is 3.22. The summed E-state index contributed by atoms with van der Waals surface area (Å²) in [6, 6.07) is 8.37. The molecule has 0 amide bonds. The zero-order valence-corrected chi connectivity index (χ0v) is 14.5. The van der Waals surface area contributed by atoms with Gasteiger partial charge in [-0.3, -0.25) is 4.79 Å². The number of hydrogen-bond donors (Lipinski definition) is 1. The summed E-state index contributed by atoms with van der Waals surface area (Å²) in [7, 11) is 0. The maximum absolute atomic E-state index is 11.8. The van der Waals surface area contributed by atoms with E-state index in [2.05, 4.69) is 31.2 Å². The standard InChI is InChI=1S/C20H26O4/c1-3-5-15-6-8-16(9-7-15)10-12-20(19(22)23)13-11-17(14-20)18(21)24-4-2/h6-9,14H,3-5,10-13H2,1-2H3,(H,22,23). The highest BCUT2D eigenvalue weighted by Crippen LogP contribution is 2.40. The van der Waals surface area contributed by atoms with Gasteiger partial charge in [0.15, 0.2) is 0 Å². The van der Waals surface area contributed by atoms with Crippen molar-refractivity contribution in [2.24, 2.45) is 5.41 Å². The van der Waals surface area contributed by atoms with Crippen LogP contribution in [0.1, 0.15) is 50.7 Å². The third-order valence-corrected chi connectivity index (χ3v) is 4.68. The summed E-state index contributed by atoms with van der Waals surface area (Å²) in [5.74, 6) is -1.24. The maximum Gasteiger partial charge on any atom is 0.333 e. The number of aryl methyl sites for hydroxylation is 2. The van der Waals surface area contributed by atoms with E-state index >= 15 is 0 Å². The van der Waals surface area contributed by atoms with E-state index in [9.17, 15) is 14.7 Å². The molecule has 0 radical (unpaired) electrons. The first-order valence-electron chi connectivity index (χ1n) is 8.71. The van der Waals surface area contributed by atoms with Gasteiger partial charge >= 0.3 is 11.9 Å². The molecule has 0 bridgehead atoms. The zero-order chi connectivity index (χ0) is 17.6. The summed E-state index contributed by atoms with van der Waals surface area (Å²) < 4.78 is 5.00. The molecule has 4 heteroatoms. The van der Waals surface area contributed by atoms with Gasteiger partial charge in [0, 0.05) is 5.57 Å². The molecule has 1 atom stereocenters. The molecule has 1 N–H and O–H groups in total. The van der Waals surface area contributed by atoms with Crippen molar-refractivity contribution >= 4 is 11.9 Å². The molecule has 0 saturated carbocycles. The predicted octanol–water partition coefficient (Wildman–Crippen LogP) is 3.93. The first kappa shape index (κ1) is 18.2. The Hall–Kier alpha value is -2.10. The summed E-state index contributed by atoms with van der Waals surface area (Å²) in [5.41, 5.74) is 1.98. The lowest BCUT2D eigenvalue weighted by Gasteiger charge is -2.21. The van der Waals surface area contributed by atoms with Gasteiger partial charge in [-0.1, -0.05) is 43.7 Å². The van der Waals surface area contributed by atoms with Crippen molar-refractivity contribution in [3.05, 3.63) is 47.0 Å². The Labute approximate surface area is 143 Å². The highest BCUT2D eigenvalue weighted by molar-refractivity contribution is 5.92. The van der Waals surface area contributed by atoms with Crippen LogP contribution in [0.2, 0.25) is 0 Å². The van der Waals surface area contributed by atoms with Gasteiger partial charge in [0.25, 0.3) is 0 Å². The van der Waals surface area contributed by atoms with Crippen LogP contribution in [0.3, 0.4) is 0 Å². The third kappa shape index (κ3) is 4.25. The van der Waals surface area contributed by atoms with Gasteiger partial charge in [0.1, 0.15) is 0 Å². The Bertz CT molecular complexity index is 615. The number of aliphatic carboxylic acids is 1. The third-order valence-electron chi connectivity index (χ3n) is 4.68. The Morgan fingerprint density at radius 1 is 1.12 bits per heavy atom. The summed E-state index contributed by atoms with van der Waals surface area (Å²) in [6.45, 7) is 4.21. The molecule has 130 valence electrons. The number of ether oxygens (including phenoxy) is 1. The molecule has 1 aromatic carbocycles. The molecule has 4 nitrogen and oxygen atoms in total. The molecule has 1 aromatic rings. The minimum atomic E-state index is -0.954. The van der Waals surface area contributed by atoms with Gasteiger partial charge in [-0.15, -0.1) is 0 Å². The first-order valence-corrected chi connectivity index (χ1v) is 8.71. The molecule has 0 aromatic heterocycles. The van der Waals surface area contributed by atoms with Crippen LogP contribution < -0.4 is 0 Å². The second kappa shape index (κ2) is 8.13. The van der Waals surface area contributed by atoms with E-state index < -0.39 is 11.4 Å². The van der Waals surface area contributed by atoms with Crippen LogP contribution in [0.4, 0.5) is 0 Å². The van der Waals surface area contributed by atoms with E-state index in [1.165, 1.54) is 5.56 Å². The largest absolute Gasteiger partial charge is 0.481 e. The van der Waals surface area contributed by atoms with Gasteiger partial charge in [-0.25, -0.2) is 4.79 Å². The predicted molar refractivity (Wildman–Crippen MR) is 92.8 cm³/mol. The second-order valence-corrected chi connectivity index (χ2v) is 6.42. The zero-order valence-electron chi connectivity index (χ0n) is 14.5. The molecule has 1 aliphatic carbocycles. The van der Waals surface area contributed by atoms with Crippen LogP contribution in [0.5, 0.6) is 0 Å². The number of carboxylic acids is 1. The Morgan fingerprint density at radius 2 is 1.75 bits per heavy atom. The van der Waals surface area contributed by atoms with Crippen molar-refractivity contribution in [3.8, 4) is 0 Å². The molecule has 0 heterocycles. The molecular weight excluding hydrogens is 304 g/mol. The van der Waals surface area contributed by atoms with Crippen LogP contribution in [0.25, 0.3) is 0 Å². The highest BCUT2D eigenvalue weighted by atomic mass is 16.5. The van der Waals surface area contributed by atoms with Gasteiger partial charge in [0.05, 0.1) is 12.0 Å². The summed E-state index contributed by atoms with van der Waals surface area (Å²) >= 11 is 0. The lowest BCUT2D eigenvalue weighted by atomic mass is 9.81. The molecule has 0 aliphatic heterocycles. The number of carbonyl (C=O) groups excluding carboxylic acids is 1. The second-order valence-electron chi connectivity index (χ2n) is 6.42. The smallest absolute Gasteiger partial charge is 0.333 e.